The van der Waals surface area contributed by atoms with Gasteiger partial charge >= 0.3 is 11.9 Å². The number of ether oxygens (including phenoxy) is 2. The van der Waals surface area contributed by atoms with Crippen molar-refractivity contribution in [2.45, 2.75) is 25.9 Å². The lowest BCUT2D eigenvalue weighted by atomic mass is 10.2. The first kappa shape index (κ1) is 18.3. The normalized spacial score (nSPS) is 11.6. The van der Waals surface area contributed by atoms with Gasteiger partial charge < -0.3 is 19.7 Å². The second-order valence-electron chi connectivity index (χ2n) is 5.50. The van der Waals surface area contributed by atoms with Gasteiger partial charge in [-0.25, -0.2) is 9.59 Å². The van der Waals surface area contributed by atoms with Crippen molar-refractivity contribution < 1.29 is 29.3 Å². The zero-order valence-electron chi connectivity index (χ0n) is 13.8. The number of benzene rings is 2. The van der Waals surface area contributed by atoms with E-state index in [4.69, 9.17) is 19.7 Å². The molecule has 2 aromatic carbocycles. The van der Waals surface area contributed by atoms with Gasteiger partial charge in [-0.2, -0.15) is 0 Å². The van der Waals surface area contributed by atoms with Gasteiger partial charge in [-0.15, -0.1) is 0 Å². The second-order valence-corrected chi connectivity index (χ2v) is 5.50. The summed E-state index contributed by atoms with van der Waals surface area (Å²) in [5.74, 6) is -0.822. The molecule has 2 N–H and O–H groups in total. The molecule has 0 amide bonds. The van der Waals surface area contributed by atoms with Gasteiger partial charge in [0.1, 0.15) is 24.2 Å². The van der Waals surface area contributed by atoms with Gasteiger partial charge in [0.2, 0.25) is 0 Å². The topological polar surface area (TPSA) is 93.1 Å². The number of hydrogen-bond acceptors (Lipinski definition) is 4. The smallest absolute Gasteiger partial charge is 0.335 e. The van der Waals surface area contributed by atoms with E-state index in [1.54, 1.807) is 24.3 Å². The Bertz CT molecular complexity index is 706. The van der Waals surface area contributed by atoms with E-state index in [2.05, 4.69) is 0 Å². The monoisotopic (exact) mass is 344 g/mol. The van der Waals surface area contributed by atoms with Gasteiger partial charge in [0.05, 0.1) is 11.1 Å². The summed E-state index contributed by atoms with van der Waals surface area (Å²) >= 11 is 0. The maximum atomic E-state index is 10.9. The molecular weight excluding hydrogens is 324 g/mol. The van der Waals surface area contributed by atoms with Gasteiger partial charge in [0.25, 0.3) is 0 Å². The molecule has 0 saturated heterocycles. The third kappa shape index (κ3) is 5.53. The molecule has 0 aliphatic carbocycles. The highest BCUT2D eigenvalue weighted by Crippen LogP contribution is 2.18. The Hall–Kier alpha value is -3.02. The van der Waals surface area contributed by atoms with Crippen LogP contribution < -0.4 is 9.47 Å². The standard InChI is InChI=1S/C19H20O6/c1-2-3-17(25-16-10-6-14(7-11-16)19(22)23)12-24-15-8-4-13(5-9-15)18(20)21/h4-11,17H,2-3,12H2,1H3,(H,20,21)(H,22,23). The fourth-order valence-electron chi connectivity index (χ4n) is 2.25. The molecule has 0 heterocycles. The molecule has 132 valence electrons. The first-order valence-corrected chi connectivity index (χ1v) is 7.95. The van der Waals surface area contributed by atoms with Crippen LogP contribution in [0, 0.1) is 0 Å². The van der Waals surface area contributed by atoms with E-state index in [1.165, 1.54) is 24.3 Å². The average molecular weight is 344 g/mol. The predicted octanol–water partition coefficient (Wildman–Crippen LogP) is 3.71. The largest absolute Gasteiger partial charge is 0.490 e. The Kier molecular flexibility index (Phi) is 6.39. The molecule has 0 aliphatic rings. The number of rotatable bonds is 9. The summed E-state index contributed by atoms with van der Waals surface area (Å²) in [5.41, 5.74) is 0.404. The van der Waals surface area contributed by atoms with Crippen LogP contribution in [0.15, 0.2) is 48.5 Å². The zero-order chi connectivity index (χ0) is 18.2. The van der Waals surface area contributed by atoms with Crippen LogP contribution in [0.25, 0.3) is 0 Å². The third-order valence-electron chi connectivity index (χ3n) is 3.55. The van der Waals surface area contributed by atoms with E-state index in [0.717, 1.165) is 12.8 Å². The van der Waals surface area contributed by atoms with Crippen LogP contribution in [0.4, 0.5) is 0 Å². The second kappa shape index (κ2) is 8.73. The lowest BCUT2D eigenvalue weighted by molar-refractivity contribution is 0.0685. The molecular formula is C19H20O6. The summed E-state index contributed by atoms with van der Waals surface area (Å²) < 4.78 is 11.5. The Morgan fingerprint density at radius 3 is 1.80 bits per heavy atom. The van der Waals surface area contributed by atoms with Crippen LogP contribution in [0.3, 0.4) is 0 Å². The highest BCUT2D eigenvalue weighted by Gasteiger charge is 2.12. The van der Waals surface area contributed by atoms with Crippen LogP contribution in [0.5, 0.6) is 11.5 Å². The van der Waals surface area contributed by atoms with Crippen molar-refractivity contribution in [3.63, 3.8) is 0 Å². The van der Waals surface area contributed by atoms with E-state index in [-0.39, 0.29) is 17.2 Å². The third-order valence-corrected chi connectivity index (χ3v) is 3.55. The summed E-state index contributed by atoms with van der Waals surface area (Å²) in [6.07, 6.45) is 1.48. The Labute approximate surface area is 145 Å². The molecule has 0 bridgehead atoms. The van der Waals surface area contributed by atoms with Crippen molar-refractivity contribution in [1.82, 2.24) is 0 Å². The van der Waals surface area contributed by atoms with Crippen molar-refractivity contribution in [2.75, 3.05) is 6.61 Å². The van der Waals surface area contributed by atoms with Crippen molar-refractivity contribution in [3.05, 3.63) is 59.7 Å². The quantitative estimate of drug-likeness (QED) is 0.720. The number of aromatic carboxylic acids is 2. The highest BCUT2D eigenvalue weighted by molar-refractivity contribution is 5.88. The fourth-order valence-corrected chi connectivity index (χ4v) is 2.25. The molecule has 2 rings (SSSR count). The fraction of sp³-hybridized carbons (Fsp3) is 0.263. The first-order chi connectivity index (χ1) is 12.0. The summed E-state index contributed by atoms with van der Waals surface area (Å²) in [6, 6.07) is 12.4. The minimum atomic E-state index is -0.983. The molecule has 0 spiro atoms. The van der Waals surface area contributed by atoms with E-state index in [0.29, 0.717) is 18.1 Å². The van der Waals surface area contributed by atoms with Crippen LogP contribution in [-0.4, -0.2) is 34.9 Å². The molecule has 0 fully saturated rings. The summed E-state index contributed by atoms with van der Waals surface area (Å²) in [4.78, 5) is 21.7. The van der Waals surface area contributed by atoms with E-state index < -0.39 is 11.9 Å². The van der Waals surface area contributed by atoms with Crippen molar-refractivity contribution >= 4 is 11.9 Å². The van der Waals surface area contributed by atoms with Gasteiger partial charge in [0.15, 0.2) is 0 Å². The SMILES string of the molecule is CCCC(COc1ccc(C(=O)O)cc1)Oc1ccc(C(=O)O)cc1. The summed E-state index contributed by atoms with van der Waals surface area (Å²) in [6.45, 7) is 2.34. The maximum absolute atomic E-state index is 10.9. The number of carboxylic acids is 2. The lowest BCUT2D eigenvalue weighted by Crippen LogP contribution is -2.24. The van der Waals surface area contributed by atoms with Crippen LogP contribution in [-0.2, 0) is 0 Å². The molecule has 0 aromatic heterocycles. The van der Waals surface area contributed by atoms with E-state index in [9.17, 15) is 9.59 Å². The van der Waals surface area contributed by atoms with Crippen LogP contribution in [0.2, 0.25) is 0 Å². The van der Waals surface area contributed by atoms with Gasteiger partial charge in [-0.3, -0.25) is 0 Å². The Balaban J connectivity index is 1.95. The van der Waals surface area contributed by atoms with E-state index in [1.807, 2.05) is 6.92 Å². The number of carboxylic acid groups (broad SMARTS) is 2. The summed E-state index contributed by atoms with van der Waals surface area (Å²) in [7, 11) is 0. The van der Waals surface area contributed by atoms with Crippen molar-refractivity contribution in [3.8, 4) is 11.5 Å². The zero-order valence-corrected chi connectivity index (χ0v) is 13.8. The number of carbonyl (C=O) groups is 2. The van der Waals surface area contributed by atoms with Gasteiger partial charge in [0, 0.05) is 0 Å². The first-order valence-electron chi connectivity index (χ1n) is 7.95. The van der Waals surface area contributed by atoms with E-state index >= 15 is 0 Å². The molecule has 6 nitrogen and oxygen atoms in total. The molecule has 0 saturated carbocycles. The molecule has 25 heavy (non-hydrogen) atoms. The molecule has 1 atom stereocenters. The van der Waals surface area contributed by atoms with Crippen LogP contribution in [0.1, 0.15) is 40.5 Å². The minimum Gasteiger partial charge on any atom is -0.490 e. The predicted molar refractivity (Wildman–Crippen MR) is 91.6 cm³/mol. The molecule has 2 aromatic rings. The average Bonchev–Trinajstić information content (AvgIpc) is 2.60. The Morgan fingerprint density at radius 2 is 1.36 bits per heavy atom. The van der Waals surface area contributed by atoms with Crippen molar-refractivity contribution in [2.24, 2.45) is 0 Å². The lowest BCUT2D eigenvalue weighted by Gasteiger charge is -2.19. The Morgan fingerprint density at radius 1 is 0.880 bits per heavy atom. The summed E-state index contributed by atoms with van der Waals surface area (Å²) in [5, 5.41) is 17.8. The maximum Gasteiger partial charge on any atom is 0.335 e. The molecule has 0 radical (unpaired) electrons. The van der Waals surface area contributed by atoms with Gasteiger partial charge in [-0.05, 0) is 55.0 Å². The molecule has 0 aliphatic heterocycles. The highest BCUT2D eigenvalue weighted by atomic mass is 16.5. The van der Waals surface area contributed by atoms with Crippen LogP contribution >= 0.6 is 0 Å². The van der Waals surface area contributed by atoms with Crippen molar-refractivity contribution in [1.29, 1.82) is 0 Å². The molecule has 1 unspecified atom stereocenters. The number of hydrogen-bond donors (Lipinski definition) is 2. The minimum absolute atomic E-state index is 0.195. The molecule has 6 heteroatoms. The van der Waals surface area contributed by atoms with Gasteiger partial charge in [-0.1, -0.05) is 13.3 Å².